The Hall–Kier alpha value is -2.01. The standard InChI is InChI=1S/C17H16BrNO3/c1-19(11-12-2-5-14(18)6-3-12)17(20)13-4-7-15-16(10-13)22-9-8-21-15/h2-7,10H,8-9,11H2,1H3. The predicted molar refractivity (Wildman–Crippen MR) is 87.4 cm³/mol. The lowest BCUT2D eigenvalue weighted by Gasteiger charge is -2.21. The lowest BCUT2D eigenvalue weighted by atomic mass is 10.1. The lowest BCUT2D eigenvalue weighted by molar-refractivity contribution is 0.0784. The summed E-state index contributed by atoms with van der Waals surface area (Å²) in [6, 6.07) is 13.2. The molecule has 0 saturated carbocycles. The third kappa shape index (κ3) is 3.25. The molecule has 0 unspecified atom stereocenters. The fourth-order valence-corrected chi connectivity index (χ4v) is 2.60. The third-order valence-electron chi connectivity index (χ3n) is 3.47. The van der Waals surface area contributed by atoms with E-state index in [1.165, 1.54) is 0 Å². The van der Waals surface area contributed by atoms with Gasteiger partial charge in [0.05, 0.1) is 0 Å². The van der Waals surface area contributed by atoms with Gasteiger partial charge < -0.3 is 14.4 Å². The number of nitrogens with zero attached hydrogens (tertiary/aromatic N) is 1. The van der Waals surface area contributed by atoms with Crippen LogP contribution in [0.5, 0.6) is 11.5 Å². The van der Waals surface area contributed by atoms with Crippen molar-refractivity contribution >= 4 is 21.8 Å². The zero-order valence-electron chi connectivity index (χ0n) is 12.2. The topological polar surface area (TPSA) is 38.8 Å². The van der Waals surface area contributed by atoms with Crippen LogP contribution in [0.4, 0.5) is 0 Å². The van der Waals surface area contributed by atoms with Crippen molar-refractivity contribution in [2.24, 2.45) is 0 Å². The SMILES string of the molecule is CN(Cc1ccc(Br)cc1)C(=O)c1ccc2c(c1)OCCO2. The van der Waals surface area contributed by atoms with Crippen LogP contribution in [0.25, 0.3) is 0 Å². The van der Waals surface area contributed by atoms with Crippen LogP contribution in [0.2, 0.25) is 0 Å². The van der Waals surface area contributed by atoms with Gasteiger partial charge in [0.1, 0.15) is 13.2 Å². The molecule has 0 saturated heterocycles. The van der Waals surface area contributed by atoms with Crippen molar-refractivity contribution in [1.29, 1.82) is 0 Å². The van der Waals surface area contributed by atoms with Crippen molar-refractivity contribution in [3.63, 3.8) is 0 Å². The number of halogens is 1. The molecule has 114 valence electrons. The Bertz CT molecular complexity index is 685. The van der Waals surface area contributed by atoms with Gasteiger partial charge in [-0.05, 0) is 35.9 Å². The van der Waals surface area contributed by atoms with E-state index in [2.05, 4.69) is 15.9 Å². The van der Waals surface area contributed by atoms with Crippen molar-refractivity contribution in [2.75, 3.05) is 20.3 Å². The number of benzene rings is 2. The van der Waals surface area contributed by atoms with Crippen LogP contribution in [0.15, 0.2) is 46.9 Å². The fraction of sp³-hybridized carbons (Fsp3) is 0.235. The highest BCUT2D eigenvalue weighted by atomic mass is 79.9. The number of fused-ring (bicyclic) bond motifs is 1. The van der Waals surface area contributed by atoms with Gasteiger partial charge in [0.15, 0.2) is 11.5 Å². The first-order chi connectivity index (χ1) is 10.6. The van der Waals surface area contributed by atoms with Gasteiger partial charge in [0, 0.05) is 23.6 Å². The fourth-order valence-electron chi connectivity index (χ4n) is 2.33. The molecule has 0 aromatic heterocycles. The minimum atomic E-state index is -0.0418. The maximum Gasteiger partial charge on any atom is 0.254 e. The summed E-state index contributed by atoms with van der Waals surface area (Å²) in [5.74, 6) is 1.28. The molecule has 2 aromatic carbocycles. The molecule has 0 aliphatic carbocycles. The quantitative estimate of drug-likeness (QED) is 0.839. The molecule has 0 fully saturated rings. The van der Waals surface area contributed by atoms with Crippen molar-refractivity contribution in [2.45, 2.75) is 6.54 Å². The second-order valence-electron chi connectivity index (χ2n) is 5.15. The number of hydrogen-bond acceptors (Lipinski definition) is 3. The molecule has 22 heavy (non-hydrogen) atoms. The monoisotopic (exact) mass is 361 g/mol. The number of amides is 1. The minimum Gasteiger partial charge on any atom is -0.486 e. The van der Waals surface area contributed by atoms with Gasteiger partial charge in [-0.2, -0.15) is 0 Å². The number of carbonyl (C=O) groups excluding carboxylic acids is 1. The molecular weight excluding hydrogens is 346 g/mol. The summed E-state index contributed by atoms with van der Waals surface area (Å²) in [5.41, 5.74) is 1.68. The van der Waals surface area contributed by atoms with Crippen molar-refractivity contribution in [3.05, 3.63) is 58.1 Å². The molecule has 1 aliphatic rings. The number of hydrogen-bond donors (Lipinski definition) is 0. The second-order valence-corrected chi connectivity index (χ2v) is 6.06. The highest BCUT2D eigenvalue weighted by molar-refractivity contribution is 9.10. The van der Waals surface area contributed by atoms with Crippen LogP contribution in [0.1, 0.15) is 15.9 Å². The molecule has 0 spiro atoms. The van der Waals surface area contributed by atoms with Crippen LogP contribution >= 0.6 is 15.9 Å². The third-order valence-corrected chi connectivity index (χ3v) is 4.00. The highest BCUT2D eigenvalue weighted by Gasteiger charge is 2.17. The summed E-state index contributed by atoms with van der Waals surface area (Å²) in [7, 11) is 1.79. The molecule has 0 atom stereocenters. The molecule has 0 N–H and O–H groups in total. The Morgan fingerprint density at radius 1 is 1.09 bits per heavy atom. The van der Waals surface area contributed by atoms with Gasteiger partial charge in [-0.15, -0.1) is 0 Å². The van der Waals surface area contributed by atoms with E-state index in [0.29, 0.717) is 36.8 Å². The Labute approximate surface area is 137 Å². The molecule has 3 rings (SSSR count). The van der Waals surface area contributed by atoms with Gasteiger partial charge >= 0.3 is 0 Å². The Kier molecular flexibility index (Phi) is 4.34. The molecule has 0 bridgehead atoms. The maximum absolute atomic E-state index is 12.5. The largest absolute Gasteiger partial charge is 0.486 e. The summed E-state index contributed by atoms with van der Waals surface area (Å²) >= 11 is 3.41. The van der Waals surface area contributed by atoms with Gasteiger partial charge in [-0.3, -0.25) is 4.79 Å². The molecule has 0 radical (unpaired) electrons. The van der Waals surface area contributed by atoms with Crippen LogP contribution < -0.4 is 9.47 Å². The molecule has 5 heteroatoms. The molecule has 1 aliphatic heterocycles. The summed E-state index contributed by atoms with van der Waals surface area (Å²) < 4.78 is 12.0. The van der Waals surface area contributed by atoms with Gasteiger partial charge in [-0.1, -0.05) is 28.1 Å². The second kappa shape index (κ2) is 6.40. The van der Waals surface area contributed by atoms with E-state index >= 15 is 0 Å². The van der Waals surface area contributed by atoms with Gasteiger partial charge in [-0.25, -0.2) is 0 Å². The van der Waals surface area contributed by atoms with Crippen LogP contribution in [-0.4, -0.2) is 31.1 Å². The number of ether oxygens (including phenoxy) is 2. The van der Waals surface area contributed by atoms with Crippen LogP contribution in [0.3, 0.4) is 0 Å². The van der Waals surface area contributed by atoms with Crippen molar-refractivity contribution in [1.82, 2.24) is 4.90 Å². The maximum atomic E-state index is 12.5. The Morgan fingerprint density at radius 3 is 2.50 bits per heavy atom. The number of rotatable bonds is 3. The van der Waals surface area contributed by atoms with E-state index in [1.807, 2.05) is 24.3 Å². The van der Waals surface area contributed by atoms with Crippen molar-refractivity contribution < 1.29 is 14.3 Å². The first kappa shape index (κ1) is 14.9. The number of carbonyl (C=O) groups is 1. The smallest absolute Gasteiger partial charge is 0.254 e. The van der Waals surface area contributed by atoms with Gasteiger partial charge in [0.25, 0.3) is 5.91 Å². The Morgan fingerprint density at radius 2 is 1.77 bits per heavy atom. The zero-order valence-corrected chi connectivity index (χ0v) is 13.8. The average Bonchev–Trinajstić information content (AvgIpc) is 2.55. The zero-order chi connectivity index (χ0) is 15.5. The molecular formula is C17H16BrNO3. The summed E-state index contributed by atoms with van der Waals surface area (Å²) in [4.78, 5) is 14.2. The van der Waals surface area contributed by atoms with E-state index in [1.54, 1.807) is 30.1 Å². The van der Waals surface area contributed by atoms with Crippen LogP contribution in [0, 0.1) is 0 Å². The normalized spacial score (nSPS) is 12.8. The summed E-state index contributed by atoms with van der Waals surface area (Å²) in [5, 5.41) is 0. The van der Waals surface area contributed by atoms with E-state index in [4.69, 9.17) is 9.47 Å². The van der Waals surface area contributed by atoms with Crippen LogP contribution in [-0.2, 0) is 6.54 Å². The summed E-state index contributed by atoms with van der Waals surface area (Å²) in [6.45, 7) is 1.61. The highest BCUT2D eigenvalue weighted by Crippen LogP contribution is 2.31. The lowest BCUT2D eigenvalue weighted by Crippen LogP contribution is -2.26. The molecule has 2 aromatic rings. The van der Waals surface area contributed by atoms with Gasteiger partial charge in [0.2, 0.25) is 0 Å². The van der Waals surface area contributed by atoms with Crippen molar-refractivity contribution in [3.8, 4) is 11.5 Å². The Balaban J connectivity index is 1.73. The molecule has 1 heterocycles. The first-order valence-corrected chi connectivity index (χ1v) is 7.82. The molecule has 4 nitrogen and oxygen atoms in total. The minimum absolute atomic E-state index is 0.0418. The molecule has 1 amide bonds. The predicted octanol–water partition coefficient (Wildman–Crippen LogP) is 3.49. The first-order valence-electron chi connectivity index (χ1n) is 7.03. The van der Waals surface area contributed by atoms with E-state index in [-0.39, 0.29) is 5.91 Å². The average molecular weight is 362 g/mol. The van der Waals surface area contributed by atoms with E-state index < -0.39 is 0 Å². The van der Waals surface area contributed by atoms with E-state index in [0.717, 1.165) is 10.0 Å². The summed E-state index contributed by atoms with van der Waals surface area (Å²) in [6.07, 6.45) is 0. The van der Waals surface area contributed by atoms with E-state index in [9.17, 15) is 4.79 Å².